The maximum absolute atomic E-state index is 10.6. The van der Waals surface area contributed by atoms with Gasteiger partial charge in [0.25, 0.3) is 11.6 Å². The summed E-state index contributed by atoms with van der Waals surface area (Å²) in [4.78, 5) is 23.3. The van der Waals surface area contributed by atoms with Crippen molar-refractivity contribution in [2.24, 2.45) is 4.99 Å². The summed E-state index contributed by atoms with van der Waals surface area (Å²) in [5, 5.41) is 10.1. The molecule has 0 unspecified atom stereocenters. The highest BCUT2D eigenvalue weighted by Crippen LogP contribution is 2.06. The Morgan fingerprint density at radius 3 is 2.73 bits per heavy atom. The average molecular weight is 152 g/mol. The standard InChI is InChI=1S/C6H4N2O3/c1-4-2-5(8(10)11)3-7-6(4)9/h2-3H,1H2. The molecule has 0 radical (unpaired) electrons. The van der Waals surface area contributed by atoms with E-state index < -0.39 is 10.8 Å². The minimum atomic E-state index is -0.624. The largest absolute Gasteiger partial charge is 0.288 e. The Balaban J connectivity index is 2.98. The molecule has 0 saturated heterocycles. The lowest BCUT2D eigenvalue weighted by Gasteiger charge is -1.97. The second-order valence-electron chi connectivity index (χ2n) is 1.91. The van der Waals surface area contributed by atoms with Crippen molar-refractivity contribution >= 4 is 12.1 Å². The molecule has 0 aromatic heterocycles. The molecular weight excluding hydrogens is 148 g/mol. The van der Waals surface area contributed by atoms with Crippen LogP contribution in [0, 0.1) is 10.1 Å². The first-order valence-corrected chi connectivity index (χ1v) is 2.74. The predicted octanol–water partition coefficient (Wildman–Crippen LogP) is 0.314. The maximum atomic E-state index is 10.6. The summed E-state index contributed by atoms with van der Waals surface area (Å²) < 4.78 is 0. The molecule has 0 N–H and O–H groups in total. The summed E-state index contributed by atoms with van der Waals surface area (Å²) in [5.74, 6) is -0.532. The molecule has 11 heavy (non-hydrogen) atoms. The first-order valence-electron chi connectivity index (χ1n) is 2.74. The van der Waals surface area contributed by atoms with Crippen LogP contribution in [-0.2, 0) is 4.79 Å². The van der Waals surface area contributed by atoms with E-state index in [0.717, 1.165) is 12.3 Å². The Kier molecular flexibility index (Phi) is 1.63. The predicted molar refractivity (Wildman–Crippen MR) is 37.7 cm³/mol. The molecule has 5 heteroatoms. The minimum absolute atomic E-state index is 0.0409. The first-order chi connectivity index (χ1) is 5.11. The summed E-state index contributed by atoms with van der Waals surface area (Å²) in [6, 6.07) is 0. The molecule has 0 aromatic rings. The van der Waals surface area contributed by atoms with E-state index in [0.29, 0.717) is 0 Å². The number of nitro groups is 1. The smallest absolute Gasteiger partial charge is 0.267 e. The molecular formula is C6H4N2O3. The van der Waals surface area contributed by atoms with Gasteiger partial charge in [0, 0.05) is 11.6 Å². The van der Waals surface area contributed by atoms with Crippen LogP contribution >= 0.6 is 0 Å². The van der Waals surface area contributed by atoms with Gasteiger partial charge in [0.1, 0.15) is 6.21 Å². The molecule has 0 fully saturated rings. The van der Waals surface area contributed by atoms with Crippen LogP contribution in [-0.4, -0.2) is 17.0 Å². The van der Waals surface area contributed by atoms with E-state index in [1.54, 1.807) is 0 Å². The molecule has 1 aliphatic rings. The van der Waals surface area contributed by atoms with Gasteiger partial charge in [-0.3, -0.25) is 14.9 Å². The van der Waals surface area contributed by atoms with Crippen LogP contribution in [0.4, 0.5) is 0 Å². The number of allylic oxidation sites excluding steroid dienone is 1. The van der Waals surface area contributed by atoms with Crippen molar-refractivity contribution in [2.45, 2.75) is 0 Å². The molecule has 5 nitrogen and oxygen atoms in total. The van der Waals surface area contributed by atoms with Gasteiger partial charge in [0.05, 0.1) is 4.92 Å². The van der Waals surface area contributed by atoms with Gasteiger partial charge in [-0.05, 0) is 0 Å². The molecule has 0 bridgehead atoms. The lowest BCUT2D eigenvalue weighted by Crippen LogP contribution is -2.09. The number of nitrogens with zero attached hydrogens (tertiary/aromatic N) is 2. The molecule has 0 aliphatic carbocycles. The highest BCUT2D eigenvalue weighted by Gasteiger charge is 2.16. The van der Waals surface area contributed by atoms with E-state index in [1.807, 2.05) is 0 Å². The van der Waals surface area contributed by atoms with E-state index in [9.17, 15) is 14.9 Å². The van der Waals surface area contributed by atoms with Crippen LogP contribution in [0.2, 0.25) is 0 Å². The van der Waals surface area contributed by atoms with Crippen LogP contribution < -0.4 is 0 Å². The van der Waals surface area contributed by atoms with Gasteiger partial charge in [-0.25, -0.2) is 4.99 Å². The van der Waals surface area contributed by atoms with E-state index in [1.165, 1.54) is 0 Å². The molecule has 1 rings (SSSR count). The molecule has 1 amide bonds. The highest BCUT2D eigenvalue weighted by atomic mass is 16.6. The third-order valence-corrected chi connectivity index (χ3v) is 1.12. The van der Waals surface area contributed by atoms with Crippen molar-refractivity contribution < 1.29 is 9.72 Å². The average Bonchev–Trinajstić information content (AvgIpc) is 1.94. The summed E-state index contributed by atoms with van der Waals surface area (Å²) in [6.07, 6.45) is 2.01. The number of dihydropyridines is 1. The van der Waals surface area contributed by atoms with Crippen LogP contribution in [0.3, 0.4) is 0 Å². The van der Waals surface area contributed by atoms with Gasteiger partial charge in [-0.2, -0.15) is 0 Å². The zero-order valence-corrected chi connectivity index (χ0v) is 5.48. The first kappa shape index (κ1) is 7.33. The summed E-state index contributed by atoms with van der Waals surface area (Å²) in [7, 11) is 0. The zero-order chi connectivity index (χ0) is 8.43. The number of carbonyl (C=O) groups is 1. The fourth-order valence-corrected chi connectivity index (χ4v) is 0.585. The van der Waals surface area contributed by atoms with E-state index in [4.69, 9.17) is 0 Å². The monoisotopic (exact) mass is 152 g/mol. The van der Waals surface area contributed by atoms with Crippen LogP contribution in [0.25, 0.3) is 0 Å². The molecule has 1 aliphatic heterocycles. The van der Waals surface area contributed by atoms with E-state index >= 15 is 0 Å². The Labute approximate surface area is 61.9 Å². The third kappa shape index (κ3) is 1.37. The van der Waals surface area contributed by atoms with Gasteiger partial charge < -0.3 is 0 Å². The summed E-state index contributed by atoms with van der Waals surface area (Å²) in [5.41, 5.74) is -0.172. The quantitative estimate of drug-likeness (QED) is 0.308. The van der Waals surface area contributed by atoms with Crippen LogP contribution in [0.1, 0.15) is 0 Å². The number of aliphatic imine (C=N–C) groups is 1. The number of hydrogen-bond acceptors (Lipinski definition) is 3. The van der Waals surface area contributed by atoms with Crippen molar-refractivity contribution in [3.05, 3.63) is 34.0 Å². The van der Waals surface area contributed by atoms with Gasteiger partial charge in [0.2, 0.25) is 0 Å². The highest BCUT2D eigenvalue weighted by molar-refractivity contribution is 6.05. The van der Waals surface area contributed by atoms with Crippen molar-refractivity contribution in [1.82, 2.24) is 0 Å². The SMILES string of the molecule is C=C1C=C([N+](=O)[O-])C=NC1=O. The molecule has 0 spiro atoms. The second kappa shape index (κ2) is 2.45. The number of amides is 1. The van der Waals surface area contributed by atoms with Crippen molar-refractivity contribution in [1.29, 1.82) is 0 Å². The van der Waals surface area contributed by atoms with Crippen LogP contribution in [0.5, 0.6) is 0 Å². The Morgan fingerprint density at radius 1 is 1.64 bits per heavy atom. The number of hydrogen-bond donors (Lipinski definition) is 0. The summed E-state index contributed by atoms with van der Waals surface area (Å²) in [6.45, 7) is 3.28. The van der Waals surface area contributed by atoms with Crippen molar-refractivity contribution in [3.63, 3.8) is 0 Å². The van der Waals surface area contributed by atoms with Crippen molar-refractivity contribution in [3.8, 4) is 0 Å². The second-order valence-corrected chi connectivity index (χ2v) is 1.91. The summed E-state index contributed by atoms with van der Waals surface area (Å²) >= 11 is 0. The van der Waals surface area contributed by atoms with Gasteiger partial charge in [-0.15, -0.1) is 0 Å². The minimum Gasteiger partial charge on any atom is -0.267 e. The Morgan fingerprint density at radius 2 is 2.27 bits per heavy atom. The fourth-order valence-electron chi connectivity index (χ4n) is 0.585. The maximum Gasteiger partial charge on any atom is 0.288 e. The van der Waals surface area contributed by atoms with Gasteiger partial charge >= 0.3 is 0 Å². The molecule has 0 aromatic carbocycles. The molecule has 0 saturated carbocycles. The molecule has 1 heterocycles. The normalized spacial score (nSPS) is 16.5. The third-order valence-electron chi connectivity index (χ3n) is 1.12. The van der Waals surface area contributed by atoms with Gasteiger partial charge in [0.15, 0.2) is 0 Å². The zero-order valence-electron chi connectivity index (χ0n) is 5.48. The topological polar surface area (TPSA) is 72.6 Å². The van der Waals surface area contributed by atoms with Crippen molar-refractivity contribution in [2.75, 3.05) is 0 Å². The lowest BCUT2D eigenvalue weighted by atomic mass is 10.2. The molecule has 0 atom stereocenters. The number of carbonyl (C=O) groups excluding carboxylic acids is 1. The van der Waals surface area contributed by atoms with E-state index in [2.05, 4.69) is 11.6 Å². The lowest BCUT2D eigenvalue weighted by molar-refractivity contribution is -0.414. The van der Waals surface area contributed by atoms with Gasteiger partial charge in [-0.1, -0.05) is 6.58 Å². The Hall–Kier alpha value is -1.78. The Bertz CT molecular complexity index is 301. The molecule has 56 valence electrons. The van der Waals surface area contributed by atoms with Crippen LogP contribution in [0.15, 0.2) is 28.9 Å². The fraction of sp³-hybridized carbons (Fsp3) is 0. The number of rotatable bonds is 1. The van der Waals surface area contributed by atoms with E-state index in [-0.39, 0.29) is 11.3 Å².